The molecule has 2 aromatic rings. The maximum atomic E-state index is 13.3. The van der Waals surface area contributed by atoms with E-state index in [1.54, 1.807) is 6.92 Å². The van der Waals surface area contributed by atoms with Gasteiger partial charge in [0.05, 0.1) is 18.0 Å². The topological polar surface area (TPSA) is 66.5 Å². The summed E-state index contributed by atoms with van der Waals surface area (Å²) in [6.45, 7) is 5.67. The summed E-state index contributed by atoms with van der Waals surface area (Å²) >= 11 is 0. The molecule has 0 heterocycles. The predicted molar refractivity (Wildman–Crippen MR) is 110 cm³/mol. The highest BCUT2D eigenvalue weighted by molar-refractivity contribution is 7.92. The maximum Gasteiger partial charge on any atom is 0.244 e. The van der Waals surface area contributed by atoms with Crippen LogP contribution in [-0.2, 0) is 21.2 Å². The van der Waals surface area contributed by atoms with Crippen LogP contribution < -0.4 is 9.62 Å². The minimum absolute atomic E-state index is 0.255. The van der Waals surface area contributed by atoms with Crippen molar-refractivity contribution in [1.82, 2.24) is 5.32 Å². The van der Waals surface area contributed by atoms with Crippen molar-refractivity contribution in [3.8, 4) is 0 Å². The number of carbonyl (C=O) groups excluding carboxylic acids is 1. The molecule has 1 N–H and O–H groups in total. The van der Waals surface area contributed by atoms with Crippen LogP contribution in [0.1, 0.15) is 44.4 Å². The SMILES string of the molecule is CCc1ccc(C(C)NC(=O)C(CC)N(c2ccc(F)cc2)S(C)(=O)=O)cc1. The smallest absolute Gasteiger partial charge is 0.244 e. The molecule has 0 aliphatic heterocycles. The number of halogens is 1. The van der Waals surface area contributed by atoms with Gasteiger partial charge in [-0.1, -0.05) is 38.1 Å². The fraction of sp³-hybridized carbons (Fsp3) is 0.381. The summed E-state index contributed by atoms with van der Waals surface area (Å²) in [6, 6.07) is 11.8. The Morgan fingerprint density at radius 2 is 1.64 bits per heavy atom. The van der Waals surface area contributed by atoms with Gasteiger partial charge in [0.1, 0.15) is 11.9 Å². The summed E-state index contributed by atoms with van der Waals surface area (Å²) in [6.07, 6.45) is 2.25. The third-order valence-corrected chi connectivity index (χ3v) is 5.84. The van der Waals surface area contributed by atoms with Gasteiger partial charge < -0.3 is 5.32 Å². The molecule has 0 spiro atoms. The van der Waals surface area contributed by atoms with E-state index < -0.39 is 27.8 Å². The first-order chi connectivity index (χ1) is 13.2. The second-order valence-electron chi connectivity index (χ2n) is 6.78. The van der Waals surface area contributed by atoms with Crippen molar-refractivity contribution < 1.29 is 17.6 Å². The lowest BCUT2D eigenvalue weighted by Gasteiger charge is -2.31. The fourth-order valence-electron chi connectivity index (χ4n) is 3.08. The van der Waals surface area contributed by atoms with E-state index in [0.717, 1.165) is 22.5 Å². The molecular formula is C21H27FN2O3S. The van der Waals surface area contributed by atoms with Gasteiger partial charge in [-0.2, -0.15) is 0 Å². The first kappa shape index (κ1) is 21.9. The molecule has 7 heteroatoms. The van der Waals surface area contributed by atoms with Crippen LogP contribution in [0.25, 0.3) is 0 Å². The van der Waals surface area contributed by atoms with Crippen LogP contribution >= 0.6 is 0 Å². The average molecular weight is 407 g/mol. The molecule has 2 atom stereocenters. The fourth-order valence-corrected chi connectivity index (χ4v) is 4.29. The Morgan fingerprint density at radius 3 is 2.11 bits per heavy atom. The highest BCUT2D eigenvalue weighted by Gasteiger charge is 2.32. The quantitative estimate of drug-likeness (QED) is 0.725. The monoisotopic (exact) mass is 406 g/mol. The van der Waals surface area contributed by atoms with Crippen molar-refractivity contribution in [2.24, 2.45) is 0 Å². The Morgan fingerprint density at radius 1 is 1.07 bits per heavy atom. The Labute approximate surface area is 166 Å². The minimum atomic E-state index is -3.75. The molecule has 0 saturated carbocycles. The average Bonchev–Trinajstić information content (AvgIpc) is 2.66. The molecule has 28 heavy (non-hydrogen) atoms. The van der Waals surface area contributed by atoms with Crippen LogP contribution in [0.3, 0.4) is 0 Å². The Kier molecular flexibility index (Phi) is 7.18. The lowest BCUT2D eigenvalue weighted by molar-refractivity contribution is -0.122. The minimum Gasteiger partial charge on any atom is -0.348 e. The molecule has 2 aromatic carbocycles. The predicted octanol–water partition coefficient (Wildman–Crippen LogP) is 3.81. The van der Waals surface area contributed by atoms with E-state index in [1.807, 2.05) is 31.2 Å². The molecule has 152 valence electrons. The zero-order valence-corrected chi connectivity index (χ0v) is 17.5. The van der Waals surface area contributed by atoms with E-state index in [2.05, 4.69) is 12.2 Å². The summed E-state index contributed by atoms with van der Waals surface area (Å²) in [5.74, 6) is -0.872. The van der Waals surface area contributed by atoms with Gasteiger partial charge in [0.25, 0.3) is 0 Å². The van der Waals surface area contributed by atoms with E-state index >= 15 is 0 Å². The van der Waals surface area contributed by atoms with Crippen molar-refractivity contribution in [3.63, 3.8) is 0 Å². The van der Waals surface area contributed by atoms with Crippen LogP contribution in [0.15, 0.2) is 48.5 Å². The van der Waals surface area contributed by atoms with E-state index in [1.165, 1.54) is 29.8 Å². The molecule has 2 rings (SSSR count). The number of hydrogen-bond acceptors (Lipinski definition) is 3. The molecular weight excluding hydrogens is 379 g/mol. The number of amides is 1. The van der Waals surface area contributed by atoms with Gasteiger partial charge in [-0.05, 0) is 55.2 Å². The van der Waals surface area contributed by atoms with Crippen LogP contribution in [-0.4, -0.2) is 26.6 Å². The zero-order chi connectivity index (χ0) is 20.9. The number of anilines is 1. The van der Waals surface area contributed by atoms with Gasteiger partial charge in [-0.3, -0.25) is 9.10 Å². The maximum absolute atomic E-state index is 13.3. The molecule has 0 radical (unpaired) electrons. The van der Waals surface area contributed by atoms with Crippen molar-refractivity contribution in [3.05, 3.63) is 65.5 Å². The number of carbonyl (C=O) groups is 1. The van der Waals surface area contributed by atoms with Crippen LogP contribution in [0.2, 0.25) is 0 Å². The largest absolute Gasteiger partial charge is 0.348 e. The Hall–Kier alpha value is -2.41. The molecule has 1 amide bonds. The van der Waals surface area contributed by atoms with E-state index in [-0.39, 0.29) is 18.2 Å². The van der Waals surface area contributed by atoms with Crippen molar-refractivity contribution in [1.29, 1.82) is 0 Å². The normalized spacial score (nSPS) is 13.6. The third-order valence-electron chi connectivity index (χ3n) is 4.66. The van der Waals surface area contributed by atoms with Gasteiger partial charge in [-0.15, -0.1) is 0 Å². The van der Waals surface area contributed by atoms with Gasteiger partial charge in [0.2, 0.25) is 15.9 Å². The van der Waals surface area contributed by atoms with Gasteiger partial charge in [0, 0.05) is 0 Å². The first-order valence-electron chi connectivity index (χ1n) is 9.31. The van der Waals surface area contributed by atoms with Crippen molar-refractivity contribution in [2.45, 2.75) is 45.7 Å². The van der Waals surface area contributed by atoms with Crippen LogP contribution in [0.5, 0.6) is 0 Å². The van der Waals surface area contributed by atoms with Gasteiger partial charge in [-0.25, -0.2) is 12.8 Å². The summed E-state index contributed by atoms with van der Waals surface area (Å²) in [7, 11) is -3.75. The molecule has 0 fully saturated rings. The number of nitrogens with zero attached hydrogens (tertiary/aromatic N) is 1. The third kappa shape index (κ3) is 5.32. The molecule has 0 aliphatic rings. The number of hydrogen-bond donors (Lipinski definition) is 1. The molecule has 0 bridgehead atoms. The van der Waals surface area contributed by atoms with Gasteiger partial charge in [0.15, 0.2) is 0 Å². The standard InChI is InChI=1S/C21H27FN2O3S/c1-5-16-7-9-17(10-8-16)15(3)23-21(25)20(6-2)24(28(4,26)27)19-13-11-18(22)12-14-19/h7-15,20H,5-6H2,1-4H3,(H,23,25). The number of nitrogens with one attached hydrogen (secondary N) is 1. The number of sulfonamides is 1. The number of benzene rings is 2. The lowest BCUT2D eigenvalue weighted by atomic mass is 10.0. The van der Waals surface area contributed by atoms with E-state index in [4.69, 9.17) is 0 Å². The first-order valence-corrected chi connectivity index (χ1v) is 11.2. The molecule has 2 unspecified atom stereocenters. The zero-order valence-electron chi connectivity index (χ0n) is 16.6. The molecule has 0 saturated heterocycles. The Bertz CT molecular complexity index is 896. The summed E-state index contributed by atoms with van der Waals surface area (Å²) < 4.78 is 39.1. The Balaban J connectivity index is 2.26. The molecule has 0 aliphatic carbocycles. The van der Waals surface area contributed by atoms with Gasteiger partial charge >= 0.3 is 0 Å². The second kappa shape index (κ2) is 9.19. The van der Waals surface area contributed by atoms with E-state index in [9.17, 15) is 17.6 Å². The molecule has 0 aromatic heterocycles. The highest BCUT2D eigenvalue weighted by Crippen LogP contribution is 2.23. The second-order valence-corrected chi connectivity index (χ2v) is 8.64. The van der Waals surface area contributed by atoms with Crippen LogP contribution in [0.4, 0.5) is 10.1 Å². The highest BCUT2D eigenvalue weighted by atomic mass is 32.2. The van der Waals surface area contributed by atoms with Crippen LogP contribution in [0, 0.1) is 5.82 Å². The summed E-state index contributed by atoms with van der Waals surface area (Å²) in [5, 5.41) is 2.90. The number of aryl methyl sites for hydroxylation is 1. The van der Waals surface area contributed by atoms with E-state index in [0.29, 0.717) is 0 Å². The number of rotatable bonds is 8. The van der Waals surface area contributed by atoms with Crippen molar-refractivity contribution in [2.75, 3.05) is 10.6 Å². The lowest BCUT2D eigenvalue weighted by Crippen LogP contribution is -2.49. The molecule has 5 nitrogen and oxygen atoms in total. The van der Waals surface area contributed by atoms with Crippen molar-refractivity contribution >= 4 is 21.6 Å². The summed E-state index contributed by atoms with van der Waals surface area (Å²) in [5.41, 5.74) is 2.40. The summed E-state index contributed by atoms with van der Waals surface area (Å²) in [4.78, 5) is 12.9.